The van der Waals surface area contributed by atoms with Gasteiger partial charge in [0, 0.05) is 10.7 Å². The summed E-state index contributed by atoms with van der Waals surface area (Å²) in [6.07, 6.45) is -7.00. The Kier molecular flexibility index (Phi) is 5.85. The molecule has 154 valence electrons. The fourth-order valence-electron chi connectivity index (χ4n) is 2.27. The minimum Gasteiger partial charge on any atom is -0.321 e. The zero-order valence-corrected chi connectivity index (χ0v) is 14.4. The topological polar surface area (TPSA) is 12.0 Å². The highest BCUT2D eigenvalue weighted by Crippen LogP contribution is 2.53. The number of hydrogen-bond acceptors (Lipinski definition) is 1. The molecule has 28 heavy (non-hydrogen) atoms. The second-order valence-corrected chi connectivity index (χ2v) is 6.25. The lowest BCUT2D eigenvalue weighted by Gasteiger charge is -2.34. The highest BCUT2D eigenvalue weighted by atomic mass is 35.5. The van der Waals surface area contributed by atoms with Crippen molar-refractivity contribution < 1.29 is 39.5 Å². The first-order valence-corrected chi connectivity index (χ1v) is 7.87. The third kappa shape index (κ3) is 4.16. The molecule has 0 saturated heterocycles. The van der Waals surface area contributed by atoms with Gasteiger partial charge >= 0.3 is 24.1 Å². The van der Waals surface area contributed by atoms with Crippen molar-refractivity contribution in [1.29, 1.82) is 0 Å². The van der Waals surface area contributed by atoms with E-state index in [4.69, 9.17) is 11.6 Å². The van der Waals surface area contributed by atoms with Crippen molar-refractivity contribution in [3.05, 3.63) is 64.7 Å². The van der Waals surface area contributed by atoms with E-state index >= 15 is 0 Å². The first-order chi connectivity index (χ1) is 12.7. The lowest BCUT2D eigenvalue weighted by atomic mass is 10.0. The molecule has 0 spiro atoms. The van der Waals surface area contributed by atoms with Gasteiger partial charge in [0.2, 0.25) is 0 Å². The molecule has 0 atom stereocenters. The smallest absolute Gasteiger partial charge is 0.321 e. The van der Waals surface area contributed by atoms with Gasteiger partial charge in [-0.2, -0.15) is 39.5 Å². The van der Waals surface area contributed by atoms with Crippen LogP contribution in [0.25, 0.3) is 0 Å². The quantitative estimate of drug-likeness (QED) is 0.390. The minimum atomic E-state index is -6.97. The summed E-state index contributed by atoms with van der Waals surface area (Å²) in [5.74, 6) is -13.7. The lowest BCUT2D eigenvalue weighted by molar-refractivity contribution is -0.391. The Morgan fingerprint density at radius 1 is 0.750 bits per heavy atom. The molecular formula is C17H11ClF9N. The molecule has 0 aliphatic rings. The van der Waals surface area contributed by atoms with E-state index in [2.05, 4.69) is 0 Å². The molecule has 0 radical (unpaired) electrons. The zero-order valence-electron chi connectivity index (χ0n) is 13.6. The normalized spacial score (nSPS) is 13.5. The molecule has 1 nitrogen and oxygen atoms in total. The predicted molar refractivity (Wildman–Crippen MR) is 85.2 cm³/mol. The second-order valence-electron chi connectivity index (χ2n) is 5.81. The molecule has 0 saturated carbocycles. The molecule has 11 heteroatoms. The summed E-state index contributed by atoms with van der Waals surface area (Å²) < 4.78 is 117. The highest BCUT2D eigenvalue weighted by molar-refractivity contribution is 6.30. The van der Waals surface area contributed by atoms with Crippen molar-refractivity contribution in [3.8, 4) is 0 Å². The fraction of sp³-hybridized carbons (Fsp3) is 0.294. The maximum Gasteiger partial charge on any atom is 0.460 e. The molecule has 0 aliphatic heterocycles. The van der Waals surface area contributed by atoms with E-state index in [1.165, 1.54) is 0 Å². The molecular weight excluding hydrogens is 425 g/mol. The van der Waals surface area contributed by atoms with E-state index in [9.17, 15) is 39.5 Å². The van der Waals surface area contributed by atoms with Gasteiger partial charge in [-0.1, -0.05) is 41.9 Å². The molecule has 0 bridgehead atoms. The minimum absolute atomic E-state index is 0.0205. The maximum atomic E-state index is 13.9. The number of hydrogen-bond donors (Lipinski definition) is 1. The van der Waals surface area contributed by atoms with E-state index in [0.717, 1.165) is 23.5 Å². The average molecular weight is 436 g/mol. The Morgan fingerprint density at radius 2 is 1.32 bits per heavy atom. The summed E-state index contributed by atoms with van der Waals surface area (Å²) in [6, 6.07) is 4.93. The molecule has 0 heterocycles. The molecule has 0 aromatic heterocycles. The Balaban J connectivity index is 2.41. The van der Waals surface area contributed by atoms with Crippen molar-refractivity contribution in [2.24, 2.45) is 0 Å². The van der Waals surface area contributed by atoms with E-state index in [0.29, 0.717) is 5.56 Å². The van der Waals surface area contributed by atoms with Gasteiger partial charge in [0.1, 0.15) is 0 Å². The predicted octanol–water partition coefficient (Wildman–Crippen LogP) is 6.77. The van der Waals surface area contributed by atoms with Gasteiger partial charge in [-0.25, -0.2) is 0 Å². The van der Waals surface area contributed by atoms with Crippen molar-refractivity contribution >= 4 is 17.3 Å². The summed E-state index contributed by atoms with van der Waals surface area (Å²) in [6.45, 7) is 0. The number of nitrogens with one attached hydrogen (secondary N) is 1. The van der Waals surface area contributed by atoms with Crippen LogP contribution in [0.2, 0.25) is 5.02 Å². The Labute approximate surface area is 158 Å². The van der Waals surface area contributed by atoms with Crippen LogP contribution >= 0.6 is 11.6 Å². The van der Waals surface area contributed by atoms with Crippen molar-refractivity contribution in [1.82, 2.24) is 0 Å². The molecule has 1 N–H and O–H groups in total. The number of anilines is 1. The molecule has 0 fully saturated rings. The molecule has 0 amide bonds. The van der Waals surface area contributed by atoms with Crippen LogP contribution in [0.15, 0.2) is 48.5 Å². The van der Waals surface area contributed by atoms with Gasteiger partial charge < -0.3 is 5.32 Å². The first-order valence-electron chi connectivity index (χ1n) is 7.50. The third-order valence-corrected chi connectivity index (χ3v) is 3.98. The Hall–Kier alpha value is -2.10. The van der Waals surface area contributed by atoms with Gasteiger partial charge in [0.25, 0.3) is 0 Å². The number of halogens is 10. The van der Waals surface area contributed by atoms with Crippen LogP contribution in [0.4, 0.5) is 45.2 Å². The van der Waals surface area contributed by atoms with Crippen LogP contribution < -0.4 is 5.32 Å². The molecule has 0 aliphatic carbocycles. The van der Waals surface area contributed by atoms with Crippen LogP contribution in [-0.4, -0.2) is 24.1 Å². The summed E-state index contributed by atoms with van der Waals surface area (Å²) in [7, 11) is 0. The third-order valence-electron chi connectivity index (χ3n) is 3.74. The van der Waals surface area contributed by atoms with Gasteiger partial charge in [-0.05, 0) is 35.7 Å². The maximum absolute atomic E-state index is 13.9. The van der Waals surface area contributed by atoms with Gasteiger partial charge in [0.15, 0.2) is 0 Å². The zero-order chi connectivity index (χ0) is 21.4. The highest BCUT2D eigenvalue weighted by Gasteiger charge is 2.82. The number of alkyl halides is 9. The lowest BCUT2D eigenvalue weighted by Crippen LogP contribution is -2.63. The van der Waals surface area contributed by atoms with Crippen LogP contribution in [0.5, 0.6) is 0 Å². The van der Waals surface area contributed by atoms with E-state index in [-0.39, 0.29) is 17.0 Å². The molecule has 2 aromatic rings. The monoisotopic (exact) mass is 435 g/mol. The van der Waals surface area contributed by atoms with Crippen LogP contribution in [-0.2, 0) is 6.42 Å². The Bertz CT molecular complexity index is 819. The largest absolute Gasteiger partial charge is 0.460 e. The van der Waals surface area contributed by atoms with Crippen LogP contribution in [0, 0.1) is 0 Å². The van der Waals surface area contributed by atoms with Gasteiger partial charge in [-0.3, -0.25) is 0 Å². The van der Waals surface area contributed by atoms with Crippen molar-refractivity contribution in [2.75, 3.05) is 5.32 Å². The summed E-state index contributed by atoms with van der Waals surface area (Å²) in [5.41, 5.74) is -0.344. The molecule has 2 aromatic carbocycles. The average Bonchev–Trinajstić information content (AvgIpc) is 2.57. The summed E-state index contributed by atoms with van der Waals surface area (Å²) >= 11 is 5.74. The number of rotatable bonds is 6. The fourth-order valence-corrected chi connectivity index (χ4v) is 2.46. The van der Waals surface area contributed by atoms with Gasteiger partial charge in [-0.15, -0.1) is 0 Å². The number of benzene rings is 2. The standard InChI is InChI=1S/C17H11ClF9N/c18-12-6-7-13(11(9-12)8-10-4-2-1-3-5-10)28-17(26,27)15(21,22)14(19,20)16(23,24)25/h1-7,9,28H,8H2. The van der Waals surface area contributed by atoms with Crippen molar-refractivity contribution in [3.63, 3.8) is 0 Å². The van der Waals surface area contributed by atoms with Crippen LogP contribution in [0.1, 0.15) is 11.1 Å². The Morgan fingerprint density at radius 3 is 1.86 bits per heavy atom. The van der Waals surface area contributed by atoms with Crippen molar-refractivity contribution in [2.45, 2.75) is 30.5 Å². The van der Waals surface area contributed by atoms with E-state index in [1.54, 1.807) is 30.3 Å². The van der Waals surface area contributed by atoms with E-state index < -0.39 is 29.8 Å². The van der Waals surface area contributed by atoms with E-state index in [1.807, 2.05) is 0 Å². The molecule has 2 rings (SSSR count). The molecule has 0 unspecified atom stereocenters. The summed E-state index contributed by atoms with van der Waals surface area (Å²) in [5, 5.41) is 0.851. The second kappa shape index (κ2) is 7.38. The van der Waals surface area contributed by atoms with Crippen LogP contribution in [0.3, 0.4) is 0 Å². The SMILES string of the molecule is FC(F)(F)C(F)(F)C(F)(F)C(F)(F)Nc1ccc(Cl)cc1Cc1ccccc1. The first kappa shape index (κ1) is 22.2. The summed E-state index contributed by atoms with van der Waals surface area (Å²) in [4.78, 5) is 0. The van der Waals surface area contributed by atoms with Gasteiger partial charge in [0.05, 0.1) is 0 Å².